The smallest absolute Gasteiger partial charge is 0.237 e. The molecule has 3 heterocycles. The Kier molecular flexibility index (Phi) is 5.66. The normalized spacial score (nSPS) is 10.8. The van der Waals surface area contributed by atoms with Crippen molar-refractivity contribution < 1.29 is 4.79 Å². The molecule has 3 rings (SSSR count). The van der Waals surface area contributed by atoms with Crippen LogP contribution in [0.15, 0.2) is 42.7 Å². The number of nitrogens with one attached hydrogen (secondary N) is 1. The van der Waals surface area contributed by atoms with E-state index >= 15 is 0 Å². The molecule has 3 aromatic rings. The number of rotatable bonds is 7. The summed E-state index contributed by atoms with van der Waals surface area (Å²) in [5.74, 6) is 1.07. The number of pyridine rings is 2. The molecule has 7 nitrogen and oxygen atoms in total. The fourth-order valence-corrected chi connectivity index (χ4v) is 3.55. The van der Waals surface area contributed by atoms with E-state index in [0.717, 1.165) is 27.1 Å². The molecule has 0 spiro atoms. The van der Waals surface area contributed by atoms with E-state index in [4.69, 9.17) is 5.73 Å². The highest BCUT2D eigenvalue weighted by Crippen LogP contribution is 2.31. The van der Waals surface area contributed by atoms with Crippen molar-refractivity contribution in [3.8, 4) is 10.6 Å². The number of hydrogen-bond donors (Lipinski definition) is 2. The summed E-state index contributed by atoms with van der Waals surface area (Å²) in [5.41, 5.74) is 7.29. The van der Waals surface area contributed by atoms with Gasteiger partial charge in [-0.1, -0.05) is 17.4 Å². The predicted molar refractivity (Wildman–Crippen MR) is 109 cm³/mol. The minimum atomic E-state index is -0.379. The zero-order valence-corrected chi connectivity index (χ0v) is 16.3. The molecule has 0 bridgehead atoms. The van der Waals surface area contributed by atoms with Crippen LogP contribution < -0.4 is 16.0 Å². The maximum atomic E-state index is 11.3. The molecule has 27 heavy (non-hydrogen) atoms. The van der Waals surface area contributed by atoms with Crippen molar-refractivity contribution in [2.24, 2.45) is 5.73 Å². The molecule has 8 heteroatoms. The third kappa shape index (κ3) is 4.79. The number of aryl methyl sites for hydroxylation is 1. The zero-order valence-electron chi connectivity index (χ0n) is 15.5. The number of amides is 1. The van der Waals surface area contributed by atoms with Crippen LogP contribution in [0.25, 0.3) is 10.6 Å². The Bertz CT molecular complexity index is 939. The number of aromatic nitrogens is 3. The van der Waals surface area contributed by atoms with Gasteiger partial charge in [0, 0.05) is 18.4 Å². The van der Waals surface area contributed by atoms with Crippen molar-refractivity contribution in [2.45, 2.75) is 26.8 Å². The van der Waals surface area contributed by atoms with E-state index in [1.807, 2.05) is 56.0 Å². The molecule has 1 amide bonds. The van der Waals surface area contributed by atoms with E-state index in [2.05, 4.69) is 20.3 Å². The maximum Gasteiger partial charge on any atom is 0.237 e. The van der Waals surface area contributed by atoms with Crippen LogP contribution in [-0.4, -0.2) is 33.4 Å². The summed E-state index contributed by atoms with van der Waals surface area (Å²) >= 11 is 1.48. The second kappa shape index (κ2) is 8.13. The van der Waals surface area contributed by atoms with E-state index < -0.39 is 0 Å². The van der Waals surface area contributed by atoms with Gasteiger partial charge in [-0.15, -0.1) is 0 Å². The molecule has 0 saturated carbocycles. The summed E-state index contributed by atoms with van der Waals surface area (Å²) in [5, 5.41) is 3.97. The standard InChI is InChI=1S/C19H22N6OS/c1-12(2)25(11-16(20)26)19-22-10-15(27-19)14-5-4-6-17(23-14)24-18-9-13(3)7-8-21-18/h4-10,12H,11H2,1-3H3,(H2,20,26)(H,21,23,24). The summed E-state index contributed by atoms with van der Waals surface area (Å²) in [6.07, 6.45) is 3.53. The number of hydrogen-bond acceptors (Lipinski definition) is 7. The fraction of sp³-hybridized carbons (Fsp3) is 0.263. The highest BCUT2D eigenvalue weighted by atomic mass is 32.1. The van der Waals surface area contributed by atoms with Gasteiger partial charge >= 0.3 is 0 Å². The summed E-state index contributed by atoms with van der Waals surface area (Å²) < 4.78 is 0. The van der Waals surface area contributed by atoms with Crippen LogP contribution in [0.1, 0.15) is 19.4 Å². The minimum Gasteiger partial charge on any atom is -0.368 e. The number of nitrogens with two attached hydrogens (primary N) is 1. The lowest BCUT2D eigenvalue weighted by atomic mass is 10.3. The van der Waals surface area contributed by atoms with Gasteiger partial charge in [-0.3, -0.25) is 4.79 Å². The molecule has 0 aliphatic rings. The van der Waals surface area contributed by atoms with Gasteiger partial charge in [-0.25, -0.2) is 15.0 Å². The Morgan fingerprint density at radius 2 is 2.07 bits per heavy atom. The molecule has 0 aromatic carbocycles. The first-order valence-electron chi connectivity index (χ1n) is 8.60. The Labute approximate surface area is 162 Å². The number of primary amides is 1. The summed E-state index contributed by atoms with van der Waals surface area (Å²) in [7, 11) is 0. The van der Waals surface area contributed by atoms with E-state index in [1.165, 1.54) is 11.3 Å². The number of thiazole rings is 1. The van der Waals surface area contributed by atoms with Crippen molar-refractivity contribution in [3.05, 3.63) is 48.3 Å². The summed E-state index contributed by atoms with van der Waals surface area (Å²) in [6, 6.07) is 9.78. The highest BCUT2D eigenvalue weighted by molar-refractivity contribution is 7.18. The van der Waals surface area contributed by atoms with Gasteiger partial charge in [0.15, 0.2) is 5.13 Å². The molecule has 3 aromatic heterocycles. The van der Waals surface area contributed by atoms with Crippen molar-refractivity contribution in [1.82, 2.24) is 15.0 Å². The molecule has 0 atom stereocenters. The topological polar surface area (TPSA) is 97.0 Å². The summed E-state index contributed by atoms with van der Waals surface area (Å²) in [4.78, 5) is 27.6. The first kappa shape index (κ1) is 18.8. The van der Waals surface area contributed by atoms with Crippen LogP contribution in [0.5, 0.6) is 0 Å². The van der Waals surface area contributed by atoms with Crippen LogP contribution in [0.4, 0.5) is 16.8 Å². The third-order valence-electron chi connectivity index (χ3n) is 3.86. The molecule has 0 radical (unpaired) electrons. The lowest BCUT2D eigenvalue weighted by Crippen LogP contribution is -2.38. The molecule has 140 valence electrons. The van der Waals surface area contributed by atoms with E-state index in [0.29, 0.717) is 5.82 Å². The molecule has 0 saturated heterocycles. The van der Waals surface area contributed by atoms with Gasteiger partial charge in [0.05, 0.1) is 17.1 Å². The van der Waals surface area contributed by atoms with Crippen LogP contribution in [0.2, 0.25) is 0 Å². The molecule has 0 unspecified atom stereocenters. The first-order chi connectivity index (χ1) is 12.9. The van der Waals surface area contributed by atoms with Gasteiger partial charge in [-0.05, 0) is 50.6 Å². The fourth-order valence-electron chi connectivity index (χ4n) is 2.53. The number of carbonyl (C=O) groups is 1. The largest absolute Gasteiger partial charge is 0.368 e. The lowest BCUT2D eigenvalue weighted by Gasteiger charge is -2.24. The molecular formula is C19H22N6OS. The Hall–Kier alpha value is -3.00. The molecule has 0 aliphatic heterocycles. The molecule has 3 N–H and O–H groups in total. The zero-order chi connectivity index (χ0) is 19.4. The van der Waals surface area contributed by atoms with Gasteiger partial charge in [-0.2, -0.15) is 0 Å². The Balaban J connectivity index is 1.83. The average Bonchev–Trinajstić information content (AvgIpc) is 3.09. The van der Waals surface area contributed by atoms with E-state index in [-0.39, 0.29) is 18.5 Å². The number of anilines is 3. The second-order valence-electron chi connectivity index (χ2n) is 6.45. The Morgan fingerprint density at radius 3 is 2.78 bits per heavy atom. The monoisotopic (exact) mass is 382 g/mol. The molecule has 0 aliphatic carbocycles. The van der Waals surface area contributed by atoms with Crippen LogP contribution in [0, 0.1) is 6.92 Å². The maximum absolute atomic E-state index is 11.3. The third-order valence-corrected chi connectivity index (χ3v) is 4.92. The van der Waals surface area contributed by atoms with E-state index in [1.54, 1.807) is 12.4 Å². The van der Waals surface area contributed by atoms with Gasteiger partial charge in [0.2, 0.25) is 5.91 Å². The quantitative estimate of drug-likeness (QED) is 0.650. The SMILES string of the molecule is Cc1ccnc(Nc2cccc(-c3cnc(N(CC(N)=O)C(C)C)s3)n2)c1. The van der Waals surface area contributed by atoms with E-state index in [9.17, 15) is 4.79 Å². The average molecular weight is 382 g/mol. The minimum absolute atomic E-state index is 0.116. The van der Waals surface area contributed by atoms with Crippen LogP contribution in [0.3, 0.4) is 0 Å². The number of carbonyl (C=O) groups excluding carboxylic acids is 1. The van der Waals surface area contributed by atoms with Crippen LogP contribution >= 0.6 is 11.3 Å². The first-order valence-corrected chi connectivity index (χ1v) is 9.42. The highest BCUT2D eigenvalue weighted by Gasteiger charge is 2.17. The predicted octanol–water partition coefficient (Wildman–Crippen LogP) is 3.35. The van der Waals surface area contributed by atoms with Crippen molar-refractivity contribution in [3.63, 3.8) is 0 Å². The second-order valence-corrected chi connectivity index (χ2v) is 7.46. The van der Waals surface area contributed by atoms with Gasteiger partial charge in [0.25, 0.3) is 0 Å². The number of nitrogens with zero attached hydrogens (tertiary/aromatic N) is 4. The van der Waals surface area contributed by atoms with Crippen molar-refractivity contribution >= 4 is 34.0 Å². The van der Waals surface area contributed by atoms with Crippen molar-refractivity contribution in [1.29, 1.82) is 0 Å². The Morgan fingerprint density at radius 1 is 1.26 bits per heavy atom. The summed E-state index contributed by atoms with van der Waals surface area (Å²) in [6.45, 7) is 6.16. The van der Waals surface area contributed by atoms with Crippen LogP contribution in [-0.2, 0) is 4.79 Å². The molecule has 0 fully saturated rings. The molecular weight excluding hydrogens is 360 g/mol. The van der Waals surface area contributed by atoms with Gasteiger partial charge in [0.1, 0.15) is 11.6 Å². The van der Waals surface area contributed by atoms with Gasteiger partial charge < -0.3 is 16.0 Å². The van der Waals surface area contributed by atoms with Crippen molar-refractivity contribution in [2.75, 3.05) is 16.8 Å². The lowest BCUT2D eigenvalue weighted by molar-refractivity contribution is -0.116.